The summed E-state index contributed by atoms with van der Waals surface area (Å²) in [6.45, 7) is -3.77. The second-order valence-corrected chi connectivity index (χ2v) is 5.25. The Balaban J connectivity index is 2.44. The third kappa shape index (κ3) is 2.31. The van der Waals surface area contributed by atoms with Gasteiger partial charge in [-0.1, -0.05) is 12.2 Å². The van der Waals surface area contributed by atoms with E-state index in [4.69, 9.17) is 5.11 Å². The van der Waals surface area contributed by atoms with Crippen molar-refractivity contribution in [1.82, 2.24) is 0 Å². The van der Waals surface area contributed by atoms with E-state index in [-0.39, 0.29) is 6.42 Å². The molecule has 0 aliphatic heterocycles. The second-order valence-electron chi connectivity index (χ2n) is 5.25. The Labute approximate surface area is 115 Å². The molecule has 4 unspecified atom stereocenters. The van der Waals surface area contributed by atoms with Crippen molar-refractivity contribution in [3.05, 3.63) is 12.2 Å². The van der Waals surface area contributed by atoms with Gasteiger partial charge in [0, 0.05) is 5.92 Å². The van der Waals surface area contributed by atoms with Crippen LogP contribution in [0, 0.1) is 17.8 Å². The summed E-state index contributed by atoms with van der Waals surface area (Å²) in [6.07, 6.45) is -3.39. The van der Waals surface area contributed by atoms with Gasteiger partial charge in [-0.2, -0.15) is 13.2 Å². The molecule has 0 aromatic carbocycles. The summed E-state index contributed by atoms with van der Waals surface area (Å²) in [5.41, 5.74) is -3.82. The molecule has 2 aliphatic rings. The van der Waals surface area contributed by atoms with Crippen molar-refractivity contribution in [3.63, 3.8) is 0 Å². The lowest BCUT2D eigenvalue weighted by molar-refractivity contribution is -0.325. The summed E-state index contributed by atoms with van der Waals surface area (Å²) in [6, 6.07) is 0. The first kappa shape index (κ1) is 16.1. The summed E-state index contributed by atoms with van der Waals surface area (Å²) in [5.74, 6) is -10.7. The van der Waals surface area contributed by atoms with Gasteiger partial charge in [0.25, 0.3) is 5.92 Å². The molecule has 0 radical (unpaired) electrons. The molecule has 4 atom stereocenters. The zero-order valence-corrected chi connectivity index (χ0v) is 10.5. The number of carboxylic acids is 1. The van der Waals surface area contributed by atoms with Gasteiger partial charge < -0.3 is 9.84 Å². The maximum Gasteiger partial charge on any atom is 0.420 e. The Bertz CT molecular complexity index is 460. The topological polar surface area (TPSA) is 46.5 Å². The Morgan fingerprint density at radius 2 is 1.95 bits per heavy atom. The number of hydrogen-bond acceptors (Lipinski definition) is 2. The Kier molecular flexibility index (Phi) is 3.76. The molecule has 0 aromatic rings. The molecular weight excluding hydrogens is 306 g/mol. The third-order valence-electron chi connectivity index (χ3n) is 4.09. The molecular formula is C12H12F6O3. The Morgan fingerprint density at radius 1 is 1.33 bits per heavy atom. The van der Waals surface area contributed by atoms with Crippen LogP contribution in [0.5, 0.6) is 0 Å². The third-order valence-corrected chi connectivity index (χ3v) is 4.09. The number of allylic oxidation sites excluding steroid dienone is 2. The van der Waals surface area contributed by atoms with E-state index < -0.39 is 54.7 Å². The van der Waals surface area contributed by atoms with E-state index in [1.165, 1.54) is 6.08 Å². The molecule has 0 amide bonds. The highest BCUT2D eigenvalue weighted by atomic mass is 19.4. The number of ether oxygens (including phenoxy) is 1. The van der Waals surface area contributed by atoms with Crippen LogP contribution in [0.2, 0.25) is 0 Å². The minimum absolute atomic E-state index is 0.230. The van der Waals surface area contributed by atoms with Gasteiger partial charge >= 0.3 is 12.1 Å². The first-order valence-corrected chi connectivity index (χ1v) is 6.11. The van der Waals surface area contributed by atoms with Crippen LogP contribution in [0.3, 0.4) is 0 Å². The highest BCUT2D eigenvalue weighted by molar-refractivity contribution is 5.68. The second kappa shape index (κ2) is 4.89. The van der Waals surface area contributed by atoms with Gasteiger partial charge in [0.1, 0.15) is 13.3 Å². The normalized spacial score (nSPS) is 33.1. The lowest BCUT2D eigenvalue weighted by Crippen LogP contribution is -2.62. The van der Waals surface area contributed by atoms with Crippen LogP contribution in [0.1, 0.15) is 6.42 Å². The molecule has 0 spiro atoms. The number of halogens is 6. The standard InChI is InChI=1S/C12H12F6O3/c13-5-10(12(16,17)18,21-4-8(19)20)9-6-1-2-7(3-6)11(9,14)15/h1-2,6-7,9H,3-5H2,(H,19,20). The highest BCUT2D eigenvalue weighted by Crippen LogP contribution is 2.61. The number of rotatable bonds is 5. The van der Waals surface area contributed by atoms with E-state index >= 15 is 0 Å². The molecule has 0 heterocycles. The number of alkyl halides is 6. The van der Waals surface area contributed by atoms with Crippen molar-refractivity contribution < 1.29 is 41.0 Å². The van der Waals surface area contributed by atoms with Gasteiger partial charge in [-0.3, -0.25) is 0 Å². The van der Waals surface area contributed by atoms with Crippen molar-refractivity contribution in [1.29, 1.82) is 0 Å². The molecule has 3 nitrogen and oxygen atoms in total. The molecule has 0 saturated heterocycles. The first-order chi connectivity index (χ1) is 9.56. The number of aliphatic carboxylic acids is 1. The lowest BCUT2D eigenvalue weighted by Gasteiger charge is -2.43. The van der Waals surface area contributed by atoms with Gasteiger partial charge in [0.2, 0.25) is 5.60 Å². The molecule has 9 heteroatoms. The molecule has 2 bridgehead atoms. The molecule has 2 aliphatic carbocycles. The van der Waals surface area contributed by atoms with Crippen molar-refractivity contribution in [3.8, 4) is 0 Å². The van der Waals surface area contributed by atoms with Crippen molar-refractivity contribution in [2.75, 3.05) is 13.3 Å². The number of carboxylic acid groups (broad SMARTS) is 1. The number of fused-ring (bicyclic) bond motifs is 2. The van der Waals surface area contributed by atoms with Crippen molar-refractivity contribution in [2.24, 2.45) is 17.8 Å². The summed E-state index contributed by atoms with van der Waals surface area (Å²) in [7, 11) is 0. The van der Waals surface area contributed by atoms with Gasteiger partial charge in [-0.15, -0.1) is 0 Å². The molecule has 120 valence electrons. The zero-order valence-electron chi connectivity index (χ0n) is 10.5. The van der Waals surface area contributed by atoms with Crippen LogP contribution in [-0.2, 0) is 9.53 Å². The summed E-state index contributed by atoms with van der Waals surface area (Å²) < 4.78 is 85.2. The van der Waals surface area contributed by atoms with E-state index in [9.17, 15) is 31.1 Å². The lowest BCUT2D eigenvalue weighted by atomic mass is 9.76. The summed E-state index contributed by atoms with van der Waals surface area (Å²) in [5, 5.41) is 8.43. The van der Waals surface area contributed by atoms with E-state index in [0.717, 1.165) is 6.08 Å². The van der Waals surface area contributed by atoms with E-state index in [0.29, 0.717) is 0 Å². The molecule has 21 heavy (non-hydrogen) atoms. The quantitative estimate of drug-likeness (QED) is 0.626. The fraction of sp³-hybridized carbons (Fsp3) is 0.750. The van der Waals surface area contributed by atoms with Crippen LogP contribution in [-0.4, -0.2) is 42.1 Å². The Morgan fingerprint density at radius 3 is 2.33 bits per heavy atom. The fourth-order valence-corrected chi connectivity index (χ4v) is 3.17. The van der Waals surface area contributed by atoms with Gasteiger partial charge in [-0.05, 0) is 12.3 Å². The fourth-order valence-electron chi connectivity index (χ4n) is 3.17. The van der Waals surface area contributed by atoms with Crippen LogP contribution >= 0.6 is 0 Å². The molecule has 1 N–H and O–H groups in total. The predicted octanol–water partition coefficient (Wildman–Crippen LogP) is 2.82. The number of hydrogen-bond donors (Lipinski definition) is 1. The maximum absolute atomic E-state index is 14.1. The Hall–Kier alpha value is -1.25. The SMILES string of the molecule is O=C(O)COC(CF)(C1C2C=CC(C2)C1(F)F)C(F)(F)F. The van der Waals surface area contributed by atoms with Crippen LogP contribution < -0.4 is 0 Å². The van der Waals surface area contributed by atoms with E-state index in [1.54, 1.807) is 0 Å². The maximum atomic E-state index is 14.1. The van der Waals surface area contributed by atoms with Gasteiger partial charge in [0.15, 0.2) is 0 Å². The van der Waals surface area contributed by atoms with E-state index in [2.05, 4.69) is 4.74 Å². The zero-order chi connectivity index (χ0) is 16.1. The van der Waals surface area contributed by atoms with Crippen molar-refractivity contribution >= 4 is 5.97 Å². The molecule has 1 saturated carbocycles. The van der Waals surface area contributed by atoms with E-state index in [1.807, 2.05) is 0 Å². The largest absolute Gasteiger partial charge is 0.480 e. The average Bonchev–Trinajstić information content (AvgIpc) is 2.89. The monoisotopic (exact) mass is 318 g/mol. The van der Waals surface area contributed by atoms with Gasteiger partial charge in [0.05, 0.1) is 5.92 Å². The average molecular weight is 318 g/mol. The number of carbonyl (C=O) groups is 1. The highest BCUT2D eigenvalue weighted by Gasteiger charge is 2.74. The van der Waals surface area contributed by atoms with Gasteiger partial charge in [-0.25, -0.2) is 18.0 Å². The van der Waals surface area contributed by atoms with Crippen LogP contribution in [0.4, 0.5) is 26.3 Å². The minimum atomic E-state index is -5.45. The smallest absolute Gasteiger partial charge is 0.420 e. The molecule has 0 aromatic heterocycles. The molecule has 1 fully saturated rings. The minimum Gasteiger partial charge on any atom is -0.480 e. The summed E-state index contributed by atoms with van der Waals surface area (Å²) >= 11 is 0. The first-order valence-electron chi connectivity index (χ1n) is 6.11. The summed E-state index contributed by atoms with van der Waals surface area (Å²) in [4.78, 5) is 10.4. The van der Waals surface area contributed by atoms with Crippen molar-refractivity contribution in [2.45, 2.75) is 24.1 Å². The molecule has 2 rings (SSSR count). The predicted molar refractivity (Wildman–Crippen MR) is 57.5 cm³/mol. The van der Waals surface area contributed by atoms with Crippen LogP contribution in [0.15, 0.2) is 12.2 Å². The van der Waals surface area contributed by atoms with Crippen LogP contribution in [0.25, 0.3) is 0 Å².